The summed E-state index contributed by atoms with van der Waals surface area (Å²) in [7, 11) is -4.06. The number of halogens is 19. The summed E-state index contributed by atoms with van der Waals surface area (Å²) in [6.45, 7) is 9.15. The van der Waals surface area contributed by atoms with E-state index in [9.17, 15) is 84.2 Å². The van der Waals surface area contributed by atoms with Gasteiger partial charge < -0.3 is 18.6 Å². The molecule has 69 heavy (non-hydrogen) atoms. The van der Waals surface area contributed by atoms with Crippen molar-refractivity contribution >= 4 is 26.1 Å². The molecule has 392 valence electrons. The third-order valence-corrected chi connectivity index (χ3v) is 16.5. The Bertz CT molecular complexity index is 2060. The summed E-state index contributed by atoms with van der Waals surface area (Å²) >= 11 is 0. The number of hydrogen-bond acceptors (Lipinski definition) is 6. The monoisotopic (exact) mass is 1050 g/mol. The molecule has 0 heterocycles. The van der Waals surface area contributed by atoms with Crippen molar-refractivity contribution in [1.82, 2.24) is 0 Å². The fourth-order valence-electron chi connectivity index (χ4n) is 6.74. The van der Waals surface area contributed by atoms with Gasteiger partial charge in [0.1, 0.15) is 36.7 Å². The molecule has 2 aromatic carbocycles. The number of nitrogens with one attached hydrogen (secondary N) is 1. The van der Waals surface area contributed by atoms with Gasteiger partial charge >= 0.3 is 59.7 Å². The predicted molar refractivity (Wildman–Crippen MR) is 212 cm³/mol. The van der Waals surface area contributed by atoms with E-state index in [-0.39, 0.29) is 25.2 Å². The van der Waals surface area contributed by atoms with E-state index in [0.29, 0.717) is 11.6 Å². The van der Waals surface area contributed by atoms with Crippen molar-refractivity contribution in [3.05, 3.63) is 84.5 Å². The van der Waals surface area contributed by atoms with Crippen LogP contribution in [0.5, 0.6) is 5.75 Å². The maximum Gasteiger partial charge on any atom is 0.460 e. The molecule has 1 amide bonds. The first-order valence-electron chi connectivity index (χ1n) is 20.3. The van der Waals surface area contributed by atoms with Crippen molar-refractivity contribution in [2.24, 2.45) is 5.92 Å². The van der Waals surface area contributed by atoms with Crippen LogP contribution in [-0.2, 0) is 18.7 Å². The van der Waals surface area contributed by atoms with Gasteiger partial charge in [-0.25, -0.2) is 18.4 Å². The number of rotatable bonds is 26. The Morgan fingerprint density at radius 3 is 1.72 bits per heavy atom. The zero-order chi connectivity index (χ0) is 53.4. The number of alkyl halides is 17. The number of esters is 1. The average molecular weight is 1050 g/mol. The summed E-state index contributed by atoms with van der Waals surface area (Å²) in [6, 6.07) is 6.45. The Kier molecular flexibility index (Phi) is 19.8. The van der Waals surface area contributed by atoms with Gasteiger partial charge in [0, 0.05) is 18.6 Å². The molecule has 2 aromatic rings. The van der Waals surface area contributed by atoms with E-state index >= 15 is 8.78 Å². The van der Waals surface area contributed by atoms with E-state index in [4.69, 9.17) is 18.6 Å². The summed E-state index contributed by atoms with van der Waals surface area (Å²) in [6.07, 6.45) is -8.15. The molecule has 1 N–H and O–H groups in total. The number of allylic oxidation sites excluding steroid dienone is 1. The van der Waals surface area contributed by atoms with Crippen molar-refractivity contribution < 1.29 is 112 Å². The quantitative estimate of drug-likeness (QED) is 0.0252. The normalized spacial score (nSPS) is 14.8. The molecular formula is C42H46F19NO6Si. The van der Waals surface area contributed by atoms with Crippen LogP contribution < -0.4 is 10.1 Å². The highest BCUT2D eigenvalue weighted by molar-refractivity contribution is 6.76. The van der Waals surface area contributed by atoms with Gasteiger partial charge in [-0.2, -0.15) is 74.6 Å². The number of carbonyl (C=O) groups is 2. The highest BCUT2D eigenvalue weighted by Gasteiger charge is 2.95. The maximum absolute atomic E-state index is 15.0. The molecule has 7 nitrogen and oxygen atoms in total. The first-order valence-corrected chi connectivity index (χ1v) is 22.5. The van der Waals surface area contributed by atoms with E-state index in [1.165, 1.54) is 64.1 Å². The van der Waals surface area contributed by atoms with Crippen LogP contribution in [0.1, 0.15) is 65.5 Å². The van der Waals surface area contributed by atoms with E-state index in [1.54, 1.807) is 6.92 Å². The number of amides is 1. The highest BCUT2D eigenvalue weighted by Crippen LogP contribution is 2.64. The average Bonchev–Trinajstić information content (AvgIpc) is 3.23. The van der Waals surface area contributed by atoms with E-state index < -0.39 is 134 Å². The van der Waals surface area contributed by atoms with Gasteiger partial charge in [0.25, 0.3) is 0 Å². The summed E-state index contributed by atoms with van der Waals surface area (Å²) < 4.78 is 286. The Balaban J connectivity index is 2.30. The zero-order valence-electron chi connectivity index (χ0n) is 36.9. The minimum Gasteiger partial charge on any atom is -0.491 e. The molecule has 0 saturated heterocycles. The second-order valence-corrected chi connectivity index (χ2v) is 21.1. The smallest absolute Gasteiger partial charge is 0.460 e. The summed E-state index contributed by atoms with van der Waals surface area (Å²) in [5.74, 6) is -60.2. The van der Waals surface area contributed by atoms with Gasteiger partial charge in [0.05, 0.1) is 12.3 Å². The summed E-state index contributed by atoms with van der Waals surface area (Å²) in [4.78, 5) is 24.6. The first-order chi connectivity index (χ1) is 31.3. The van der Waals surface area contributed by atoms with Gasteiger partial charge in [-0.15, -0.1) is 0 Å². The standard InChI is InChI=1S/C42H46F19NO6Si/c1-7-19-66-32(63)11-9-8-10-26(6)33(68-34(64)62-31-17-14-28(43)23-30(31)44)27-12-15-29(16-13-27)65-20-21-67-69(24(2)3,25(4)5)22-18-35(45,46)36(47,48)37(49,50)38(51,52)39(53,54)40(55,56)41(57,58)42(59,60)61/h7,9,11-17,23-26,33H,1,8,10,18-22H2,2-6H3,(H,62,64)/b11-9+/t26-,33+/m1/s1. The van der Waals surface area contributed by atoms with Gasteiger partial charge in [0.15, 0.2) is 8.32 Å². The Morgan fingerprint density at radius 1 is 0.710 bits per heavy atom. The number of hydrogen-bond donors (Lipinski definition) is 1. The van der Waals surface area contributed by atoms with Crippen molar-refractivity contribution in [1.29, 1.82) is 0 Å². The third-order valence-electron chi connectivity index (χ3n) is 10.8. The molecule has 0 fully saturated rings. The number of benzene rings is 2. The van der Waals surface area contributed by atoms with Crippen LogP contribution >= 0.6 is 0 Å². The predicted octanol–water partition coefficient (Wildman–Crippen LogP) is 14.5. The third kappa shape index (κ3) is 13.0. The van der Waals surface area contributed by atoms with Gasteiger partial charge in [-0.05, 0) is 65.7 Å². The fraction of sp³-hybridized carbons (Fsp3) is 0.571. The van der Waals surface area contributed by atoms with Crippen LogP contribution in [0.25, 0.3) is 0 Å². The SMILES string of the molecule is C=CCOC(=O)/C=C/CC[C@@H](C)[C@H](OC(=O)Nc1ccc(F)cc1F)c1ccc(OCCO[Si](CCC(F)(F)C(F)(F)C(F)(F)C(F)(F)C(F)(F)C(F)(F)C(F)(F)C(F)(F)F)(C(C)C)C(C)C)cc1. The second-order valence-electron chi connectivity index (χ2n) is 16.1. The lowest BCUT2D eigenvalue weighted by Crippen LogP contribution is -2.74. The van der Waals surface area contributed by atoms with Crippen molar-refractivity contribution in [3.63, 3.8) is 0 Å². The minimum atomic E-state index is -8.72. The Hall–Kier alpha value is -4.69. The number of ether oxygens (including phenoxy) is 3. The molecule has 0 aromatic heterocycles. The molecule has 0 saturated carbocycles. The first kappa shape index (κ1) is 60.4. The van der Waals surface area contributed by atoms with Crippen molar-refractivity contribution in [3.8, 4) is 5.75 Å². The van der Waals surface area contributed by atoms with Crippen LogP contribution in [0, 0.1) is 17.6 Å². The Labute approximate surface area is 383 Å². The van der Waals surface area contributed by atoms with Crippen LogP contribution in [0.15, 0.2) is 67.3 Å². The van der Waals surface area contributed by atoms with Crippen LogP contribution in [-0.4, -0.2) is 87.8 Å². The Morgan fingerprint density at radius 2 is 1.23 bits per heavy atom. The molecule has 0 spiro atoms. The molecule has 0 aliphatic heterocycles. The van der Waals surface area contributed by atoms with E-state index in [1.807, 2.05) is 0 Å². The molecule has 2 rings (SSSR count). The largest absolute Gasteiger partial charge is 0.491 e. The molecule has 0 aliphatic rings. The second kappa shape index (κ2) is 22.6. The lowest BCUT2D eigenvalue weighted by molar-refractivity contribution is -0.461. The molecule has 0 aliphatic carbocycles. The van der Waals surface area contributed by atoms with Crippen LogP contribution in [0.4, 0.5) is 93.9 Å². The van der Waals surface area contributed by atoms with Crippen molar-refractivity contribution in [2.75, 3.05) is 25.1 Å². The summed E-state index contributed by atoms with van der Waals surface area (Å²) in [5, 5.41) is 2.15. The van der Waals surface area contributed by atoms with E-state index in [2.05, 4.69) is 11.9 Å². The zero-order valence-corrected chi connectivity index (χ0v) is 37.9. The topological polar surface area (TPSA) is 83.1 Å². The molecule has 27 heteroatoms. The molecule has 2 atom stereocenters. The molecule has 0 unspecified atom stereocenters. The minimum absolute atomic E-state index is 0.0389. The lowest BCUT2D eigenvalue weighted by Gasteiger charge is -2.44. The van der Waals surface area contributed by atoms with Crippen LogP contribution in [0.2, 0.25) is 17.1 Å². The van der Waals surface area contributed by atoms with Gasteiger partial charge in [-0.1, -0.05) is 65.5 Å². The number of anilines is 1. The fourth-order valence-corrected chi connectivity index (χ4v) is 11.2. The maximum atomic E-state index is 15.0. The molecule has 0 radical (unpaired) electrons. The number of carbonyl (C=O) groups excluding carboxylic acids is 2. The van der Waals surface area contributed by atoms with E-state index in [0.717, 1.165) is 18.2 Å². The highest BCUT2D eigenvalue weighted by atomic mass is 28.4. The van der Waals surface area contributed by atoms with Gasteiger partial charge in [0.2, 0.25) is 0 Å². The van der Waals surface area contributed by atoms with Crippen LogP contribution in [0.3, 0.4) is 0 Å². The summed E-state index contributed by atoms with van der Waals surface area (Å²) in [5.41, 5.74) is -1.95. The van der Waals surface area contributed by atoms with Gasteiger partial charge in [-0.3, -0.25) is 5.32 Å². The van der Waals surface area contributed by atoms with Crippen molar-refractivity contribution in [2.45, 2.75) is 125 Å². The lowest BCUT2D eigenvalue weighted by atomic mass is 9.88. The molecular weight excluding hydrogens is 1000 g/mol. The molecule has 0 bridgehead atoms.